The Hall–Kier alpha value is -3.75. The number of rotatable bonds is 9. The molecule has 0 unspecified atom stereocenters. The number of phenols is 2. The van der Waals surface area contributed by atoms with Crippen LogP contribution in [0.15, 0.2) is 34.7 Å². The molecule has 0 amide bonds. The van der Waals surface area contributed by atoms with E-state index in [-0.39, 0.29) is 56.8 Å². The molecular formula is C29H35O17+. The Labute approximate surface area is 260 Å². The Morgan fingerprint density at radius 2 is 1.13 bits per heavy atom. The van der Waals surface area contributed by atoms with Crippen molar-refractivity contribution in [3.05, 3.63) is 30.3 Å². The number of hydrogen-bond acceptors (Lipinski definition) is 16. The molecule has 2 aromatic carbocycles. The van der Waals surface area contributed by atoms with Gasteiger partial charge < -0.3 is 79.5 Å². The molecule has 17 heteroatoms. The Morgan fingerprint density at radius 3 is 1.61 bits per heavy atom. The molecule has 0 spiro atoms. The minimum Gasteiger partial charge on any atom is -0.507 e. The first-order valence-electron chi connectivity index (χ1n) is 14.0. The molecule has 1 aromatic heterocycles. The topological polar surface area (TPSA) is 269 Å². The summed E-state index contributed by atoms with van der Waals surface area (Å²) in [5, 5.41) is 102. The number of aromatic hydroxyl groups is 2. The van der Waals surface area contributed by atoms with Crippen LogP contribution in [0.1, 0.15) is 0 Å². The van der Waals surface area contributed by atoms with Crippen LogP contribution in [0, 0.1) is 0 Å². The molecular weight excluding hydrogens is 620 g/mol. The van der Waals surface area contributed by atoms with E-state index in [2.05, 4.69) is 0 Å². The summed E-state index contributed by atoms with van der Waals surface area (Å²) in [6.07, 6.45) is -16.5. The van der Waals surface area contributed by atoms with E-state index in [1.165, 1.54) is 38.5 Å². The lowest BCUT2D eigenvalue weighted by atomic mass is 9.99. The van der Waals surface area contributed by atoms with Gasteiger partial charge in [-0.05, 0) is 0 Å². The van der Waals surface area contributed by atoms with Gasteiger partial charge in [0.1, 0.15) is 65.7 Å². The van der Waals surface area contributed by atoms with Crippen molar-refractivity contribution in [3.63, 3.8) is 0 Å². The zero-order valence-electron chi connectivity index (χ0n) is 24.4. The number of benzene rings is 2. The molecule has 2 saturated heterocycles. The van der Waals surface area contributed by atoms with Gasteiger partial charge in [-0.2, -0.15) is 0 Å². The summed E-state index contributed by atoms with van der Waals surface area (Å²) in [5.74, 6) is -1.32. The highest BCUT2D eigenvalue weighted by Crippen LogP contribution is 2.46. The van der Waals surface area contributed by atoms with Gasteiger partial charge in [0.25, 0.3) is 0 Å². The van der Waals surface area contributed by atoms with Crippen LogP contribution in [0.25, 0.3) is 22.3 Å². The van der Waals surface area contributed by atoms with E-state index in [4.69, 9.17) is 32.8 Å². The zero-order valence-corrected chi connectivity index (χ0v) is 24.4. The lowest BCUT2D eigenvalue weighted by Crippen LogP contribution is -2.60. The van der Waals surface area contributed by atoms with E-state index in [1.807, 2.05) is 0 Å². The van der Waals surface area contributed by atoms with Gasteiger partial charge in [-0.1, -0.05) is 0 Å². The second-order valence-corrected chi connectivity index (χ2v) is 10.7. The van der Waals surface area contributed by atoms with Crippen LogP contribution in [-0.2, 0) is 9.47 Å². The molecule has 3 heterocycles. The maximum Gasteiger partial charge on any atom is 0.402 e. The maximum absolute atomic E-state index is 10.7. The van der Waals surface area contributed by atoms with Gasteiger partial charge >= 0.3 is 11.3 Å². The Balaban J connectivity index is 1.65. The summed E-state index contributed by atoms with van der Waals surface area (Å²) in [5.41, 5.74) is 0.120. The Kier molecular flexibility index (Phi) is 9.89. The molecule has 0 bridgehead atoms. The highest BCUT2D eigenvalue weighted by atomic mass is 16.7. The van der Waals surface area contributed by atoms with Gasteiger partial charge in [0, 0.05) is 24.3 Å². The quantitative estimate of drug-likeness (QED) is 0.114. The molecule has 0 radical (unpaired) electrons. The van der Waals surface area contributed by atoms with Gasteiger partial charge in [0.2, 0.25) is 24.1 Å². The van der Waals surface area contributed by atoms with Crippen LogP contribution in [-0.4, -0.2) is 140 Å². The molecule has 5 rings (SSSR count). The third-order valence-electron chi connectivity index (χ3n) is 7.73. The first-order chi connectivity index (χ1) is 21.9. The molecule has 2 aliphatic rings. The van der Waals surface area contributed by atoms with E-state index >= 15 is 0 Å². The largest absolute Gasteiger partial charge is 0.507 e. The van der Waals surface area contributed by atoms with E-state index in [1.54, 1.807) is 0 Å². The van der Waals surface area contributed by atoms with Crippen molar-refractivity contribution < 1.29 is 83.9 Å². The molecule has 0 aliphatic carbocycles. The number of fused-ring (bicyclic) bond motifs is 1. The number of aliphatic hydroxyl groups is 8. The van der Waals surface area contributed by atoms with E-state index in [0.717, 1.165) is 6.07 Å². The SMILES string of the molecule is COc1cc(-c2[o+]c3cc(O)cc(O[C@@H]4O[C@@H](CO)[C@@H](O)[C@H](O)[C@H]4O)c3cc2O[C@@H]2O[C@H](CO)[C@@H](O)[C@H](O)[C@H]2O)cc(OC)c1O. The number of methoxy groups -OCH3 is 2. The maximum atomic E-state index is 10.7. The lowest BCUT2D eigenvalue weighted by Gasteiger charge is -2.39. The summed E-state index contributed by atoms with van der Waals surface area (Å²) in [6.45, 7) is -1.45. The van der Waals surface area contributed by atoms with Crippen LogP contribution < -0.4 is 18.9 Å². The fourth-order valence-electron chi connectivity index (χ4n) is 5.16. The number of aliphatic hydroxyl groups excluding tert-OH is 8. The van der Waals surface area contributed by atoms with Crippen LogP contribution in [0.3, 0.4) is 0 Å². The minimum absolute atomic E-state index is 0.0361. The van der Waals surface area contributed by atoms with Crippen molar-refractivity contribution in [2.24, 2.45) is 0 Å². The smallest absolute Gasteiger partial charge is 0.402 e. The fourth-order valence-corrected chi connectivity index (χ4v) is 5.16. The molecule has 10 N–H and O–H groups in total. The summed E-state index contributed by atoms with van der Waals surface area (Å²) in [4.78, 5) is 0. The first-order valence-corrected chi connectivity index (χ1v) is 14.0. The van der Waals surface area contributed by atoms with Crippen molar-refractivity contribution in [2.45, 2.75) is 61.4 Å². The summed E-state index contributed by atoms with van der Waals surface area (Å²) >= 11 is 0. The van der Waals surface area contributed by atoms with E-state index in [0.29, 0.717) is 0 Å². The molecule has 2 aliphatic heterocycles. The van der Waals surface area contributed by atoms with Crippen LogP contribution in [0.2, 0.25) is 0 Å². The molecule has 3 aromatic rings. The van der Waals surface area contributed by atoms with Crippen molar-refractivity contribution in [3.8, 4) is 45.8 Å². The zero-order chi connectivity index (χ0) is 33.4. The average Bonchev–Trinajstić information content (AvgIpc) is 3.05. The molecule has 0 saturated carbocycles. The summed E-state index contributed by atoms with van der Waals surface area (Å²) in [7, 11) is 2.59. The monoisotopic (exact) mass is 655 g/mol. The van der Waals surface area contributed by atoms with E-state index < -0.39 is 74.6 Å². The van der Waals surface area contributed by atoms with Gasteiger partial charge in [-0.3, -0.25) is 0 Å². The number of phenolic OH excluding ortho intramolecular Hbond substituents is 2. The summed E-state index contributed by atoms with van der Waals surface area (Å²) < 4.78 is 39.3. The highest BCUT2D eigenvalue weighted by Gasteiger charge is 2.47. The number of ether oxygens (including phenoxy) is 6. The van der Waals surface area contributed by atoms with Gasteiger partial charge in [0.15, 0.2) is 11.5 Å². The standard InChI is InChI=1S/C29H34O17/c1-40-15-3-10(4-16(41-2)20(15)33)27-17(44-29-26(39)24(37)22(35)19(9-31)46-29)7-12-13(42-27)5-11(32)6-14(12)43-28-25(38)23(36)21(34)18(8-30)45-28/h3-7,18-19,21-26,28-31,34-39H,8-9H2,1-2H3,(H-,32,33)/p+1/t18-,19+,21+,22+,23-,24-,25+,26+,28+,29+/m0/s1. The second-order valence-electron chi connectivity index (χ2n) is 10.7. The fraction of sp³-hybridized carbons (Fsp3) is 0.483. The molecule has 10 atom stereocenters. The van der Waals surface area contributed by atoms with Crippen molar-refractivity contribution in [1.82, 2.24) is 0 Å². The third kappa shape index (κ3) is 6.17. The molecule has 252 valence electrons. The highest BCUT2D eigenvalue weighted by molar-refractivity contribution is 5.89. The number of hydrogen-bond donors (Lipinski definition) is 10. The van der Waals surface area contributed by atoms with Crippen LogP contribution >= 0.6 is 0 Å². The van der Waals surface area contributed by atoms with E-state index in [9.17, 15) is 51.1 Å². The van der Waals surface area contributed by atoms with Gasteiger partial charge in [-0.15, -0.1) is 0 Å². The lowest BCUT2D eigenvalue weighted by molar-refractivity contribution is -0.277. The predicted octanol–water partition coefficient (Wildman–Crippen LogP) is -1.83. The average molecular weight is 656 g/mol. The summed E-state index contributed by atoms with van der Waals surface area (Å²) in [6, 6.07) is 6.34. The predicted molar refractivity (Wildman–Crippen MR) is 151 cm³/mol. The minimum atomic E-state index is -1.82. The van der Waals surface area contributed by atoms with Crippen LogP contribution in [0.5, 0.6) is 34.5 Å². The normalized spacial score (nSPS) is 31.4. The Morgan fingerprint density at radius 1 is 0.630 bits per heavy atom. The van der Waals surface area contributed by atoms with Crippen molar-refractivity contribution in [1.29, 1.82) is 0 Å². The van der Waals surface area contributed by atoms with Gasteiger partial charge in [0.05, 0.1) is 39.1 Å². The molecule has 46 heavy (non-hydrogen) atoms. The first kappa shape index (κ1) is 33.6. The second kappa shape index (κ2) is 13.5. The molecule has 2 fully saturated rings. The Bertz CT molecular complexity index is 1500. The molecule has 17 nitrogen and oxygen atoms in total. The van der Waals surface area contributed by atoms with Gasteiger partial charge in [-0.25, -0.2) is 4.42 Å². The van der Waals surface area contributed by atoms with Crippen molar-refractivity contribution in [2.75, 3.05) is 27.4 Å². The third-order valence-corrected chi connectivity index (χ3v) is 7.73. The van der Waals surface area contributed by atoms with Crippen LogP contribution in [0.4, 0.5) is 0 Å². The van der Waals surface area contributed by atoms with Crippen molar-refractivity contribution >= 4 is 11.0 Å².